The van der Waals surface area contributed by atoms with Gasteiger partial charge in [-0.25, -0.2) is 0 Å². The molecule has 0 bridgehead atoms. The molecule has 18 heavy (non-hydrogen) atoms. The van der Waals surface area contributed by atoms with E-state index in [1.165, 1.54) is 5.56 Å². The van der Waals surface area contributed by atoms with Gasteiger partial charge in [-0.2, -0.15) is 5.10 Å². The van der Waals surface area contributed by atoms with E-state index in [-0.39, 0.29) is 5.60 Å². The maximum absolute atomic E-state index is 6.00. The van der Waals surface area contributed by atoms with Crippen molar-refractivity contribution in [3.05, 3.63) is 18.0 Å². The minimum absolute atomic E-state index is 0.0393. The monoisotopic (exact) mass is 251 g/mol. The molecule has 1 aliphatic heterocycles. The Balaban J connectivity index is 1.95. The van der Waals surface area contributed by atoms with Crippen LogP contribution in [0, 0.1) is 0 Å². The third-order valence-corrected chi connectivity index (χ3v) is 3.76. The van der Waals surface area contributed by atoms with Gasteiger partial charge in [0.05, 0.1) is 24.4 Å². The van der Waals surface area contributed by atoms with Gasteiger partial charge >= 0.3 is 0 Å². The highest BCUT2D eigenvalue weighted by molar-refractivity contribution is 5.10. The molecule has 102 valence electrons. The lowest BCUT2D eigenvalue weighted by Crippen LogP contribution is -2.23. The van der Waals surface area contributed by atoms with Gasteiger partial charge < -0.3 is 10.1 Å². The maximum Gasteiger partial charge on any atom is 0.0779 e. The van der Waals surface area contributed by atoms with Crippen molar-refractivity contribution < 1.29 is 4.74 Å². The highest BCUT2D eigenvalue weighted by Gasteiger charge is 2.31. The van der Waals surface area contributed by atoms with E-state index in [1.807, 2.05) is 17.9 Å². The van der Waals surface area contributed by atoms with Crippen molar-refractivity contribution in [1.29, 1.82) is 0 Å². The van der Waals surface area contributed by atoms with Crippen molar-refractivity contribution in [3.63, 3.8) is 0 Å². The minimum Gasteiger partial charge on any atom is -0.370 e. The zero-order valence-electron chi connectivity index (χ0n) is 11.9. The first-order valence-corrected chi connectivity index (χ1v) is 6.91. The Morgan fingerprint density at radius 2 is 2.39 bits per heavy atom. The molecular formula is C14H25N3O. The topological polar surface area (TPSA) is 39.1 Å². The molecule has 0 aromatic carbocycles. The smallest absolute Gasteiger partial charge is 0.0779 e. The standard InChI is InChI=1S/C14H25N3O/c1-5-13(15-4)11-8-16-17(9-11)10-12-6-7-14(2,3)18-12/h8-9,12-13,15H,5-7,10H2,1-4H3. The van der Waals surface area contributed by atoms with Crippen molar-refractivity contribution in [2.75, 3.05) is 7.05 Å². The third kappa shape index (κ3) is 3.12. The fourth-order valence-corrected chi connectivity index (χ4v) is 2.68. The average molecular weight is 251 g/mol. The Morgan fingerprint density at radius 3 is 2.94 bits per heavy atom. The quantitative estimate of drug-likeness (QED) is 0.874. The van der Waals surface area contributed by atoms with Crippen molar-refractivity contribution >= 4 is 0 Å². The van der Waals surface area contributed by atoms with Crippen molar-refractivity contribution in [1.82, 2.24) is 15.1 Å². The van der Waals surface area contributed by atoms with Gasteiger partial charge in [-0.05, 0) is 40.2 Å². The molecule has 2 heterocycles. The molecule has 1 saturated heterocycles. The van der Waals surface area contributed by atoms with Crippen molar-refractivity contribution in [2.45, 2.75) is 64.3 Å². The largest absolute Gasteiger partial charge is 0.370 e. The van der Waals surface area contributed by atoms with E-state index in [1.54, 1.807) is 0 Å². The lowest BCUT2D eigenvalue weighted by atomic mass is 10.1. The van der Waals surface area contributed by atoms with Crippen LogP contribution in [0.1, 0.15) is 51.6 Å². The molecule has 1 aromatic heterocycles. The summed E-state index contributed by atoms with van der Waals surface area (Å²) >= 11 is 0. The SMILES string of the molecule is CCC(NC)c1cnn(CC2CCC(C)(C)O2)c1. The number of nitrogens with one attached hydrogen (secondary N) is 1. The first kappa shape index (κ1) is 13.6. The molecule has 0 radical (unpaired) electrons. The molecule has 1 N–H and O–H groups in total. The van der Waals surface area contributed by atoms with Gasteiger partial charge in [0, 0.05) is 17.8 Å². The first-order valence-electron chi connectivity index (χ1n) is 6.91. The molecule has 2 unspecified atom stereocenters. The molecule has 0 saturated carbocycles. The van der Waals surface area contributed by atoms with Gasteiger partial charge in [-0.3, -0.25) is 4.68 Å². The summed E-state index contributed by atoms with van der Waals surface area (Å²) in [6.07, 6.45) is 7.76. The predicted molar refractivity (Wildman–Crippen MR) is 72.5 cm³/mol. The fraction of sp³-hybridized carbons (Fsp3) is 0.786. The summed E-state index contributed by atoms with van der Waals surface area (Å²) < 4.78 is 8.01. The highest BCUT2D eigenvalue weighted by Crippen LogP contribution is 2.30. The van der Waals surface area contributed by atoms with Gasteiger partial charge in [0.25, 0.3) is 0 Å². The number of nitrogens with zero attached hydrogens (tertiary/aromatic N) is 2. The zero-order valence-corrected chi connectivity index (χ0v) is 11.9. The van der Waals surface area contributed by atoms with Crippen LogP contribution in [-0.4, -0.2) is 28.5 Å². The number of hydrogen-bond donors (Lipinski definition) is 1. The Morgan fingerprint density at radius 1 is 1.61 bits per heavy atom. The molecule has 0 aliphatic carbocycles. The van der Waals surface area contributed by atoms with Crippen LogP contribution in [0.5, 0.6) is 0 Å². The van der Waals surface area contributed by atoms with E-state index >= 15 is 0 Å². The lowest BCUT2D eigenvalue weighted by molar-refractivity contribution is -0.0229. The summed E-state index contributed by atoms with van der Waals surface area (Å²) in [5, 5.41) is 7.74. The highest BCUT2D eigenvalue weighted by atomic mass is 16.5. The molecule has 1 aliphatic rings. The zero-order chi connectivity index (χ0) is 13.2. The summed E-state index contributed by atoms with van der Waals surface area (Å²) in [5.41, 5.74) is 1.30. The molecule has 4 nitrogen and oxygen atoms in total. The maximum atomic E-state index is 6.00. The first-order chi connectivity index (χ1) is 8.54. The van der Waals surface area contributed by atoms with Crippen molar-refractivity contribution in [3.8, 4) is 0 Å². The number of hydrogen-bond acceptors (Lipinski definition) is 3. The second-order valence-corrected chi connectivity index (χ2v) is 5.78. The van der Waals surface area contributed by atoms with Crippen LogP contribution in [0.15, 0.2) is 12.4 Å². The van der Waals surface area contributed by atoms with E-state index in [2.05, 4.69) is 37.4 Å². The van der Waals surface area contributed by atoms with Crippen molar-refractivity contribution in [2.24, 2.45) is 0 Å². The van der Waals surface area contributed by atoms with Gasteiger partial charge in [0.2, 0.25) is 0 Å². The van der Waals surface area contributed by atoms with E-state index < -0.39 is 0 Å². The number of aromatic nitrogens is 2. The van der Waals surface area contributed by atoms with E-state index in [9.17, 15) is 0 Å². The van der Waals surface area contributed by atoms with Crippen LogP contribution in [0.25, 0.3) is 0 Å². The van der Waals surface area contributed by atoms with Crippen LogP contribution in [0.3, 0.4) is 0 Å². The summed E-state index contributed by atoms with van der Waals surface area (Å²) in [4.78, 5) is 0. The summed E-state index contributed by atoms with van der Waals surface area (Å²) in [6.45, 7) is 7.37. The normalized spacial score (nSPS) is 24.3. The van der Waals surface area contributed by atoms with Crippen LogP contribution in [0.4, 0.5) is 0 Å². The Bertz CT molecular complexity index is 382. The predicted octanol–water partition coefficient (Wildman–Crippen LogP) is 2.51. The minimum atomic E-state index is 0.0393. The Labute approximate surface area is 110 Å². The van der Waals surface area contributed by atoms with Crippen LogP contribution in [0.2, 0.25) is 0 Å². The van der Waals surface area contributed by atoms with Gasteiger partial charge in [0.1, 0.15) is 0 Å². The second kappa shape index (κ2) is 5.41. The summed E-state index contributed by atoms with van der Waals surface area (Å²) in [7, 11) is 1.99. The molecule has 0 spiro atoms. The van der Waals surface area contributed by atoms with E-state index in [4.69, 9.17) is 4.74 Å². The molecule has 0 amide bonds. The Hall–Kier alpha value is -0.870. The third-order valence-electron chi connectivity index (χ3n) is 3.76. The van der Waals surface area contributed by atoms with Crippen LogP contribution < -0.4 is 5.32 Å². The summed E-state index contributed by atoms with van der Waals surface area (Å²) in [6, 6.07) is 0.402. The number of rotatable bonds is 5. The van der Waals surface area contributed by atoms with Crippen LogP contribution >= 0.6 is 0 Å². The fourth-order valence-electron chi connectivity index (χ4n) is 2.68. The van der Waals surface area contributed by atoms with Crippen LogP contribution in [-0.2, 0) is 11.3 Å². The molecule has 4 heteroatoms. The molecule has 1 fully saturated rings. The van der Waals surface area contributed by atoms with E-state index in [0.717, 1.165) is 25.8 Å². The average Bonchev–Trinajstić information content (AvgIpc) is 2.88. The lowest BCUT2D eigenvalue weighted by Gasteiger charge is -2.19. The molecule has 1 aromatic rings. The molecule has 2 rings (SSSR count). The Kier molecular flexibility index (Phi) is 4.07. The second-order valence-electron chi connectivity index (χ2n) is 5.78. The van der Waals surface area contributed by atoms with Gasteiger partial charge in [-0.1, -0.05) is 6.92 Å². The summed E-state index contributed by atoms with van der Waals surface area (Å²) in [5.74, 6) is 0. The van der Waals surface area contributed by atoms with E-state index in [0.29, 0.717) is 12.1 Å². The molecule has 2 atom stereocenters. The van der Waals surface area contributed by atoms with Gasteiger partial charge in [-0.15, -0.1) is 0 Å². The number of ether oxygens (including phenoxy) is 1. The van der Waals surface area contributed by atoms with Gasteiger partial charge in [0.15, 0.2) is 0 Å². The molecular weight excluding hydrogens is 226 g/mol.